The van der Waals surface area contributed by atoms with Crippen molar-refractivity contribution in [2.45, 2.75) is 38.3 Å². The third kappa shape index (κ3) is 4.19. The molecule has 1 saturated carbocycles. The summed E-state index contributed by atoms with van der Waals surface area (Å²) in [6.45, 7) is 1.61. The Morgan fingerprint density at radius 3 is 2.83 bits per heavy atom. The van der Waals surface area contributed by atoms with Crippen molar-refractivity contribution in [3.8, 4) is 5.75 Å². The summed E-state index contributed by atoms with van der Waals surface area (Å²) in [5.41, 5.74) is 2.10. The smallest absolute Gasteiger partial charge is 0.319 e. The summed E-state index contributed by atoms with van der Waals surface area (Å²) in [5.74, 6) is 0.948. The van der Waals surface area contributed by atoms with E-state index in [0.29, 0.717) is 38.6 Å². The van der Waals surface area contributed by atoms with Gasteiger partial charge in [-0.25, -0.2) is 4.79 Å². The summed E-state index contributed by atoms with van der Waals surface area (Å²) < 4.78 is 5.76. The minimum absolute atomic E-state index is 0.0133. The van der Waals surface area contributed by atoms with E-state index in [1.54, 1.807) is 23.9 Å². The molecule has 0 atom stereocenters. The van der Waals surface area contributed by atoms with Crippen LogP contribution in [0, 0.1) is 0 Å². The molecule has 2 aliphatic rings. The standard InChI is InChI=1S/C18H25N3O3/c1-20(2)18(23)21-9-10-24-16-7-3-13(11-14(16)12-21)4-8-17(22)19-15-5-6-15/h3,7,11,15H,4-6,8-10,12H2,1-2H3,(H,19,22). The molecule has 0 spiro atoms. The van der Waals surface area contributed by atoms with Crippen LogP contribution in [0.3, 0.4) is 0 Å². The van der Waals surface area contributed by atoms with Crippen LogP contribution in [0.4, 0.5) is 4.79 Å². The van der Waals surface area contributed by atoms with Gasteiger partial charge in [0.2, 0.25) is 5.91 Å². The van der Waals surface area contributed by atoms with Crippen molar-refractivity contribution in [2.24, 2.45) is 0 Å². The number of amides is 3. The summed E-state index contributed by atoms with van der Waals surface area (Å²) in [6.07, 6.45) is 3.42. The predicted octanol–water partition coefficient (Wildman–Crippen LogP) is 1.77. The lowest BCUT2D eigenvalue weighted by Gasteiger charge is -2.24. The van der Waals surface area contributed by atoms with Gasteiger partial charge in [-0.05, 0) is 30.9 Å². The van der Waals surface area contributed by atoms with E-state index >= 15 is 0 Å². The Kier molecular flexibility index (Phi) is 4.92. The molecule has 1 N–H and O–H groups in total. The number of ether oxygens (including phenoxy) is 1. The fraction of sp³-hybridized carbons (Fsp3) is 0.556. The molecule has 130 valence electrons. The van der Waals surface area contributed by atoms with E-state index in [9.17, 15) is 9.59 Å². The molecular weight excluding hydrogens is 306 g/mol. The molecule has 0 radical (unpaired) electrons. The quantitative estimate of drug-likeness (QED) is 0.915. The first-order chi connectivity index (χ1) is 11.5. The highest BCUT2D eigenvalue weighted by Gasteiger charge is 2.23. The van der Waals surface area contributed by atoms with Crippen molar-refractivity contribution in [3.05, 3.63) is 29.3 Å². The second-order valence-corrected chi connectivity index (χ2v) is 6.73. The first-order valence-corrected chi connectivity index (χ1v) is 8.53. The summed E-state index contributed by atoms with van der Waals surface area (Å²) in [4.78, 5) is 27.4. The zero-order chi connectivity index (χ0) is 17.1. The molecule has 0 aromatic heterocycles. The van der Waals surface area contributed by atoms with Crippen molar-refractivity contribution >= 4 is 11.9 Å². The highest BCUT2D eigenvalue weighted by Crippen LogP contribution is 2.25. The number of carbonyl (C=O) groups excluding carboxylic acids is 2. The van der Waals surface area contributed by atoms with Crippen LogP contribution >= 0.6 is 0 Å². The minimum atomic E-state index is -0.0133. The van der Waals surface area contributed by atoms with Gasteiger partial charge in [0.25, 0.3) is 0 Å². The molecular formula is C18H25N3O3. The summed E-state index contributed by atoms with van der Waals surface area (Å²) in [6, 6.07) is 6.41. The normalized spacial score (nSPS) is 16.7. The zero-order valence-electron chi connectivity index (χ0n) is 14.4. The first-order valence-electron chi connectivity index (χ1n) is 8.53. The molecule has 1 aliphatic carbocycles. The molecule has 0 saturated heterocycles. The van der Waals surface area contributed by atoms with Crippen molar-refractivity contribution in [3.63, 3.8) is 0 Å². The topological polar surface area (TPSA) is 61.9 Å². The Labute approximate surface area is 142 Å². The molecule has 3 rings (SSSR count). The highest BCUT2D eigenvalue weighted by atomic mass is 16.5. The van der Waals surface area contributed by atoms with E-state index in [1.165, 1.54) is 0 Å². The van der Waals surface area contributed by atoms with E-state index in [4.69, 9.17) is 4.74 Å². The number of aryl methyl sites for hydroxylation is 1. The Balaban J connectivity index is 1.64. The van der Waals surface area contributed by atoms with Crippen molar-refractivity contribution < 1.29 is 14.3 Å². The van der Waals surface area contributed by atoms with Gasteiger partial charge in [-0.1, -0.05) is 12.1 Å². The monoisotopic (exact) mass is 331 g/mol. The second-order valence-electron chi connectivity index (χ2n) is 6.73. The molecule has 24 heavy (non-hydrogen) atoms. The Morgan fingerprint density at radius 1 is 1.33 bits per heavy atom. The summed E-state index contributed by atoms with van der Waals surface area (Å²) in [7, 11) is 3.51. The third-order valence-corrected chi connectivity index (χ3v) is 4.34. The molecule has 6 heteroatoms. The Hall–Kier alpha value is -2.24. The van der Waals surface area contributed by atoms with E-state index in [-0.39, 0.29) is 11.9 Å². The average molecular weight is 331 g/mol. The molecule has 1 fully saturated rings. The van der Waals surface area contributed by atoms with Gasteiger partial charge < -0.3 is 19.9 Å². The number of rotatable bonds is 4. The van der Waals surface area contributed by atoms with E-state index in [0.717, 1.165) is 29.7 Å². The minimum Gasteiger partial charge on any atom is -0.491 e. The van der Waals surface area contributed by atoms with Crippen LogP contribution in [-0.4, -0.2) is 55.0 Å². The number of hydrogen-bond acceptors (Lipinski definition) is 3. The lowest BCUT2D eigenvalue weighted by molar-refractivity contribution is -0.121. The van der Waals surface area contributed by atoms with Crippen LogP contribution in [0.2, 0.25) is 0 Å². The van der Waals surface area contributed by atoms with Crippen LogP contribution < -0.4 is 10.1 Å². The van der Waals surface area contributed by atoms with Crippen LogP contribution in [0.5, 0.6) is 5.75 Å². The van der Waals surface area contributed by atoms with Gasteiger partial charge in [-0.3, -0.25) is 4.79 Å². The van der Waals surface area contributed by atoms with E-state index in [2.05, 4.69) is 11.4 Å². The number of benzene rings is 1. The second kappa shape index (κ2) is 7.11. The zero-order valence-corrected chi connectivity index (χ0v) is 14.4. The fourth-order valence-electron chi connectivity index (χ4n) is 2.83. The number of hydrogen-bond donors (Lipinski definition) is 1. The fourth-order valence-corrected chi connectivity index (χ4v) is 2.83. The maximum atomic E-state index is 12.2. The van der Waals surface area contributed by atoms with Crippen LogP contribution in [-0.2, 0) is 17.8 Å². The SMILES string of the molecule is CN(C)C(=O)N1CCOc2ccc(CCC(=O)NC3CC3)cc2C1. The third-order valence-electron chi connectivity index (χ3n) is 4.34. The molecule has 1 aromatic carbocycles. The molecule has 6 nitrogen and oxygen atoms in total. The summed E-state index contributed by atoms with van der Waals surface area (Å²) in [5, 5.41) is 3.01. The maximum Gasteiger partial charge on any atom is 0.319 e. The predicted molar refractivity (Wildman–Crippen MR) is 90.9 cm³/mol. The van der Waals surface area contributed by atoms with Crippen molar-refractivity contribution in [2.75, 3.05) is 27.2 Å². The highest BCUT2D eigenvalue weighted by molar-refractivity contribution is 5.77. The van der Waals surface area contributed by atoms with Gasteiger partial charge in [-0.15, -0.1) is 0 Å². The lowest BCUT2D eigenvalue weighted by atomic mass is 10.0. The van der Waals surface area contributed by atoms with Gasteiger partial charge in [0.1, 0.15) is 12.4 Å². The molecule has 1 aliphatic heterocycles. The summed E-state index contributed by atoms with van der Waals surface area (Å²) >= 11 is 0. The van der Waals surface area contributed by atoms with Gasteiger partial charge in [0, 0.05) is 32.1 Å². The van der Waals surface area contributed by atoms with Crippen LogP contribution in [0.1, 0.15) is 30.4 Å². The number of urea groups is 1. The number of nitrogens with one attached hydrogen (secondary N) is 1. The van der Waals surface area contributed by atoms with Crippen LogP contribution in [0.15, 0.2) is 18.2 Å². The number of fused-ring (bicyclic) bond motifs is 1. The number of carbonyl (C=O) groups is 2. The van der Waals surface area contributed by atoms with Crippen molar-refractivity contribution in [1.82, 2.24) is 15.1 Å². The van der Waals surface area contributed by atoms with Gasteiger partial charge in [-0.2, -0.15) is 0 Å². The Bertz CT molecular complexity index is 626. The van der Waals surface area contributed by atoms with Crippen LogP contribution in [0.25, 0.3) is 0 Å². The molecule has 3 amide bonds. The van der Waals surface area contributed by atoms with Gasteiger partial charge in [0.05, 0.1) is 13.1 Å². The molecule has 0 bridgehead atoms. The number of nitrogens with zero attached hydrogens (tertiary/aromatic N) is 2. The van der Waals surface area contributed by atoms with E-state index < -0.39 is 0 Å². The molecule has 1 heterocycles. The largest absolute Gasteiger partial charge is 0.491 e. The van der Waals surface area contributed by atoms with Crippen molar-refractivity contribution in [1.29, 1.82) is 0 Å². The molecule has 0 unspecified atom stereocenters. The average Bonchev–Trinajstić information content (AvgIpc) is 3.37. The van der Waals surface area contributed by atoms with Gasteiger partial charge in [0.15, 0.2) is 0 Å². The maximum absolute atomic E-state index is 12.2. The first kappa shape index (κ1) is 16.6. The Morgan fingerprint density at radius 2 is 2.12 bits per heavy atom. The lowest BCUT2D eigenvalue weighted by Crippen LogP contribution is -2.39. The van der Waals surface area contributed by atoms with Gasteiger partial charge >= 0.3 is 6.03 Å². The van der Waals surface area contributed by atoms with E-state index in [1.807, 2.05) is 12.1 Å². The molecule has 1 aromatic rings.